The number of carbonyl (C=O) groups is 1. The molecule has 22 heavy (non-hydrogen) atoms. The lowest BCUT2D eigenvalue weighted by molar-refractivity contribution is -0.137. The van der Waals surface area contributed by atoms with Gasteiger partial charge in [-0.25, -0.2) is 4.79 Å². The molecular formula is C19H22O3. The van der Waals surface area contributed by atoms with Gasteiger partial charge in [-0.2, -0.15) is 0 Å². The Hall–Kier alpha value is -1.61. The zero-order chi connectivity index (χ0) is 15.3. The number of epoxide rings is 1. The molecule has 5 atom stereocenters. The highest BCUT2D eigenvalue weighted by Gasteiger charge is 2.73. The minimum Gasteiger partial charge on any atom is -0.466 e. The van der Waals surface area contributed by atoms with Gasteiger partial charge in [-0.3, -0.25) is 0 Å². The number of esters is 1. The second kappa shape index (κ2) is 4.95. The van der Waals surface area contributed by atoms with Crippen molar-refractivity contribution in [1.82, 2.24) is 0 Å². The van der Waals surface area contributed by atoms with Gasteiger partial charge in [-0.05, 0) is 42.6 Å². The predicted molar refractivity (Wildman–Crippen MR) is 83.2 cm³/mol. The summed E-state index contributed by atoms with van der Waals surface area (Å²) in [4.78, 5) is 12.2. The van der Waals surface area contributed by atoms with Crippen molar-refractivity contribution in [3.05, 3.63) is 47.5 Å². The molecule has 1 saturated carbocycles. The Morgan fingerprint density at radius 1 is 1.32 bits per heavy atom. The van der Waals surface area contributed by atoms with Gasteiger partial charge in [0, 0.05) is 0 Å². The van der Waals surface area contributed by atoms with E-state index in [-0.39, 0.29) is 17.7 Å². The van der Waals surface area contributed by atoms with Crippen LogP contribution in [0.2, 0.25) is 0 Å². The number of ether oxygens (including phenoxy) is 2. The maximum absolute atomic E-state index is 12.2. The molecule has 0 bridgehead atoms. The van der Waals surface area contributed by atoms with E-state index in [4.69, 9.17) is 9.47 Å². The number of hydrogen-bond donors (Lipinski definition) is 0. The Morgan fingerprint density at radius 3 is 2.82 bits per heavy atom. The molecule has 1 heterocycles. The molecule has 3 aliphatic rings. The average molecular weight is 298 g/mol. The van der Waals surface area contributed by atoms with Gasteiger partial charge in [0.1, 0.15) is 5.60 Å². The fourth-order valence-corrected chi connectivity index (χ4v) is 4.70. The van der Waals surface area contributed by atoms with Crippen LogP contribution >= 0.6 is 0 Å². The second-order valence-electron chi connectivity index (χ2n) is 7.00. The van der Waals surface area contributed by atoms with Crippen LogP contribution in [-0.2, 0) is 20.7 Å². The first-order valence-electron chi connectivity index (χ1n) is 8.17. The largest absolute Gasteiger partial charge is 0.466 e. The molecule has 1 saturated heterocycles. The van der Waals surface area contributed by atoms with Crippen LogP contribution in [0.5, 0.6) is 0 Å². The maximum Gasteiger partial charge on any atom is 0.336 e. The van der Waals surface area contributed by atoms with Gasteiger partial charge < -0.3 is 9.47 Å². The zero-order valence-corrected chi connectivity index (χ0v) is 13.1. The molecule has 1 spiro atoms. The highest BCUT2D eigenvalue weighted by Crippen LogP contribution is 2.64. The first kappa shape index (κ1) is 14.0. The fraction of sp³-hybridized carbons (Fsp3) is 0.526. The Labute approximate surface area is 131 Å². The standard InChI is InChI=1S/C19H22O3/c1-12-8-15-11-14(10-13-6-4-3-5-7-13)17-19(15,22-17)16(9-12)18(20)21-2/h3-7,9,12,14-15,17H,8,10-11H2,1-2H3/t12-,14+,15+,17?,19+/m1/s1. The molecule has 4 rings (SSSR count). The molecule has 0 aromatic heterocycles. The molecule has 3 heteroatoms. The van der Waals surface area contributed by atoms with Crippen LogP contribution in [0.3, 0.4) is 0 Å². The third-order valence-electron chi connectivity index (χ3n) is 5.58. The Kier molecular flexibility index (Phi) is 3.15. The Bertz CT molecular complexity index is 621. The molecule has 3 nitrogen and oxygen atoms in total. The Morgan fingerprint density at radius 2 is 2.09 bits per heavy atom. The van der Waals surface area contributed by atoms with E-state index in [1.165, 1.54) is 12.7 Å². The molecule has 0 amide bonds. The van der Waals surface area contributed by atoms with E-state index < -0.39 is 0 Å². The molecule has 1 aromatic rings. The maximum atomic E-state index is 12.2. The topological polar surface area (TPSA) is 38.8 Å². The van der Waals surface area contributed by atoms with Gasteiger partial charge in [-0.15, -0.1) is 0 Å². The number of hydrogen-bond acceptors (Lipinski definition) is 3. The van der Waals surface area contributed by atoms with Crippen LogP contribution in [-0.4, -0.2) is 24.8 Å². The van der Waals surface area contributed by atoms with Gasteiger partial charge in [0.2, 0.25) is 0 Å². The van der Waals surface area contributed by atoms with Crippen molar-refractivity contribution in [3.8, 4) is 0 Å². The summed E-state index contributed by atoms with van der Waals surface area (Å²) in [5.41, 5.74) is 1.80. The molecule has 1 aromatic carbocycles. The molecule has 1 unspecified atom stereocenters. The highest BCUT2D eigenvalue weighted by molar-refractivity contribution is 5.92. The van der Waals surface area contributed by atoms with E-state index >= 15 is 0 Å². The summed E-state index contributed by atoms with van der Waals surface area (Å²) in [7, 11) is 1.46. The SMILES string of the molecule is COC(=O)C1=C[C@H](C)C[C@H]2C[C@H](Cc3ccccc3)C3O[C@@]132. The van der Waals surface area contributed by atoms with Crippen molar-refractivity contribution in [2.24, 2.45) is 17.8 Å². The lowest BCUT2D eigenvalue weighted by Gasteiger charge is -2.29. The van der Waals surface area contributed by atoms with Gasteiger partial charge in [-0.1, -0.05) is 43.3 Å². The van der Waals surface area contributed by atoms with Crippen LogP contribution in [0.4, 0.5) is 0 Å². The minimum absolute atomic E-state index is 0.190. The van der Waals surface area contributed by atoms with E-state index in [1.807, 2.05) is 6.07 Å². The number of allylic oxidation sites excluding steroid dienone is 1. The third kappa shape index (κ3) is 1.95. The number of rotatable bonds is 3. The number of benzene rings is 1. The smallest absolute Gasteiger partial charge is 0.336 e. The van der Waals surface area contributed by atoms with Gasteiger partial charge in [0.15, 0.2) is 0 Å². The Balaban J connectivity index is 1.59. The molecule has 0 radical (unpaired) electrons. The monoisotopic (exact) mass is 298 g/mol. The summed E-state index contributed by atoms with van der Waals surface area (Å²) in [5.74, 6) is 1.18. The summed E-state index contributed by atoms with van der Waals surface area (Å²) >= 11 is 0. The van der Waals surface area contributed by atoms with Crippen molar-refractivity contribution >= 4 is 5.97 Å². The average Bonchev–Trinajstić information content (AvgIpc) is 3.20. The van der Waals surface area contributed by atoms with Crippen molar-refractivity contribution in [2.45, 2.75) is 37.9 Å². The van der Waals surface area contributed by atoms with E-state index in [0.29, 0.717) is 17.8 Å². The summed E-state index contributed by atoms with van der Waals surface area (Å²) < 4.78 is 11.1. The quantitative estimate of drug-likeness (QED) is 0.635. The molecule has 2 aliphatic carbocycles. The first-order valence-corrected chi connectivity index (χ1v) is 8.17. The van der Waals surface area contributed by atoms with Crippen LogP contribution < -0.4 is 0 Å². The van der Waals surface area contributed by atoms with Crippen molar-refractivity contribution < 1.29 is 14.3 Å². The van der Waals surface area contributed by atoms with Gasteiger partial charge in [0.25, 0.3) is 0 Å². The van der Waals surface area contributed by atoms with E-state index in [1.54, 1.807) is 0 Å². The van der Waals surface area contributed by atoms with Crippen LogP contribution in [0.25, 0.3) is 0 Å². The number of methoxy groups -OCH3 is 1. The lowest BCUT2D eigenvalue weighted by atomic mass is 9.75. The van der Waals surface area contributed by atoms with Crippen LogP contribution in [0, 0.1) is 17.8 Å². The summed E-state index contributed by atoms with van der Waals surface area (Å²) in [6.45, 7) is 2.18. The van der Waals surface area contributed by atoms with Gasteiger partial charge in [0.05, 0.1) is 18.8 Å². The first-order chi connectivity index (χ1) is 10.6. The van der Waals surface area contributed by atoms with E-state index in [2.05, 4.69) is 37.3 Å². The highest BCUT2D eigenvalue weighted by atomic mass is 16.6. The third-order valence-corrected chi connectivity index (χ3v) is 5.58. The summed E-state index contributed by atoms with van der Waals surface area (Å²) in [6.07, 6.45) is 5.57. The van der Waals surface area contributed by atoms with Crippen LogP contribution in [0.15, 0.2) is 42.0 Å². The predicted octanol–water partition coefficient (Wildman–Crippen LogP) is 3.14. The fourth-order valence-electron chi connectivity index (χ4n) is 4.70. The molecule has 0 N–H and O–H groups in total. The second-order valence-corrected chi connectivity index (χ2v) is 7.00. The normalized spacial score (nSPS) is 38.7. The van der Waals surface area contributed by atoms with Gasteiger partial charge >= 0.3 is 5.97 Å². The summed E-state index contributed by atoms with van der Waals surface area (Å²) in [5, 5.41) is 0. The van der Waals surface area contributed by atoms with Crippen LogP contribution in [0.1, 0.15) is 25.3 Å². The molecule has 2 fully saturated rings. The van der Waals surface area contributed by atoms with Crippen molar-refractivity contribution in [2.75, 3.05) is 7.11 Å². The minimum atomic E-state index is -0.334. The zero-order valence-electron chi connectivity index (χ0n) is 13.1. The lowest BCUT2D eigenvalue weighted by Crippen LogP contribution is -2.34. The molecular weight excluding hydrogens is 276 g/mol. The summed E-state index contributed by atoms with van der Waals surface area (Å²) in [6, 6.07) is 10.6. The number of carbonyl (C=O) groups excluding carboxylic acids is 1. The van der Waals surface area contributed by atoms with E-state index in [0.717, 1.165) is 24.8 Å². The van der Waals surface area contributed by atoms with Crippen molar-refractivity contribution in [3.63, 3.8) is 0 Å². The van der Waals surface area contributed by atoms with Crippen molar-refractivity contribution in [1.29, 1.82) is 0 Å². The molecule has 1 aliphatic heterocycles. The molecule has 116 valence electrons. The van der Waals surface area contributed by atoms with E-state index in [9.17, 15) is 4.79 Å².